The van der Waals surface area contributed by atoms with Gasteiger partial charge in [0.25, 0.3) is 0 Å². The summed E-state index contributed by atoms with van der Waals surface area (Å²) in [5, 5.41) is 0.838. The molecule has 0 aliphatic heterocycles. The number of benzene rings is 1. The second kappa shape index (κ2) is 11.5. The lowest BCUT2D eigenvalue weighted by Gasteiger charge is -2.38. The summed E-state index contributed by atoms with van der Waals surface area (Å²) >= 11 is 6.38. The topological polar surface area (TPSA) is 12.9 Å². The molecule has 2 heteroatoms. The van der Waals surface area contributed by atoms with Crippen LogP contribution in [-0.2, 0) is 18.3 Å². The van der Waals surface area contributed by atoms with Crippen molar-refractivity contribution in [1.29, 1.82) is 0 Å². The number of allylic oxidation sites excluding steroid dienone is 3. The number of pyridine rings is 1. The molecule has 1 aromatic carbocycles. The van der Waals surface area contributed by atoms with Gasteiger partial charge in [0.15, 0.2) is 0 Å². The van der Waals surface area contributed by atoms with Gasteiger partial charge >= 0.3 is 0 Å². The summed E-state index contributed by atoms with van der Waals surface area (Å²) in [4.78, 5) is 4.98. The van der Waals surface area contributed by atoms with Crippen molar-refractivity contribution in [3.63, 3.8) is 0 Å². The zero-order chi connectivity index (χ0) is 22.1. The molecule has 3 rings (SSSR count). The van der Waals surface area contributed by atoms with Gasteiger partial charge in [-0.25, -0.2) is 0 Å². The van der Waals surface area contributed by atoms with Crippen LogP contribution in [0.5, 0.6) is 0 Å². The van der Waals surface area contributed by atoms with Crippen LogP contribution >= 0.6 is 11.6 Å². The van der Waals surface area contributed by atoms with E-state index in [1.54, 1.807) is 0 Å². The summed E-state index contributed by atoms with van der Waals surface area (Å²) in [6, 6.07) is 10.9. The van der Waals surface area contributed by atoms with Gasteiger partial charge in [0.1, 0.15) is 0 Å². The summed E-state index contributed by atoms with van der Waals surface area (Å²) in [6.07, 6.45) is 12.1. The molecule has 2 aromatic rings. The number of rotatable bonds is 6. The van der Waals surface area contributed by atoms with Crippen molar-refractivity contribution in [3.8, 4) is 0 Å². The zero-order valence-corrected chi connectivity index (χ0v) is 20.3. The summed E-state index contributed by atoms with van der Waals surface area (Å²) < 4.78 is 0. The minimum absolute atomic E-state index is 0.117. The van der Waals surface area contributed by atoms with Gasteiger partial charge in [-0.2, -0.15) is 0 Å². The quantitative estimate of drug-likeness (QED) is 0.423. The molecule has 1 unspecified atom stereocenters. The van der Waals surface area contributed by atoms with Gasteiger partial charge < -0.3 is 0 Å². The van der Waals surface area contributed by atoms with E-state index < -0.39 is 0 Å². The van der Waals surface area contributed by atoms with E-state index in [2.05, 4.69) is 63.8 Å². The number of hydrogen-bond acceptors (Lipinski definition) is 1. The van der Waals surface area contributed by atoms with E-state index in [1.165, 1.54) is 33.5 Å². The minimum atomic E-state index is -0.117. The Morgan fingerprint density at radius 3 is 2.43 bits per heavy atom. The normalized spacial score (nSPS) is 17.9. The van der Waals surface area contributed by atoms with Gasteiger partial charge in [0, 0.05) is 11.2 Å². The molecule has 0 spiro atoms. The Balaban J connectivity index is 0.000000735. The van der Waals surface area contributed by atoms with Gasteiger partial charge in [-0.3, -0.25) is 4.98 Å². The Labute approximate surface area is 189 Å². The predicted octanol–water partition coefficient (Wildman–Crippen LogP) is 8.64. The molecule has 0 saturated carbocycles. The average molecular weight is 424 g/mol. The predicted molar refractivity (Wildman–Crippen MR) is 133 cm³/mol. The van der Waals surface area contributed by atoms with Crippen molar-refractivity contribution < 1.29 is 0 Å². The van der Waals surface area contributed by atoms with E-state index in [0.29, 0.717) is 0 Å². The lowest BCUT2D eigenvalue weighted by Crippen LogP contribution is -2.33. The number of halogens is 1. The van der Waals surface area contributed by atoms with Crippen molar-refractivity contribution in [3.05, 3.63) is 87.7 Å². The number of aryl methyl sites for hydroxylation is 2. The molecule has 1 heterocycles. The molecule has 1 aromatic heterocycles. The first-order valence-corrected chi connectivity index (χ1v) is 11.8. The highest BCUT2D eigenvalue weighted by Gasteiger charge is 2.42. The molecule has 1 nitrogen and oxygen atoms in total. The number of nitrogens with zero attached hydrogens (tertiary/aromatic N) is 1. The molecule has 30 heavy (non-hydrogen) atoms. The van der Waals surface area contributed by atoms with Crippen molar-refractivity contribution in [2.24, 2.45) is 0 Å². The Kier molecular flexibility index (Phi) is 9.37. The van der Waals surface area contributed by atoms with Gasteiger partial charge in [-0.1, -0.05) is 74.6 Å². The first-order chi connectivity index (χ1) is 14.4. The standard InChI is InChI=1S/C24H30ClN.C4H8/c1-4-8-20(9-5-2)24(15-6-3)22-14-13-21(25)17-19(22)12-11-18-10-7-16-26-23(18)24;1-4(2)3/h7-8,10,13-14,16-17H,4-6,9,11-12,15H2,1-3H3;1H2,2-3H3/b20-8+;. The van der Waals surface area contributed by atoms with E-state index >= 15 is 0 Å². The molecular formula is C28H38ClN. The summed E-state index contributed by atoms with van der Waals surface area (Å²) in [6.45, 7) is 14.3. The molecule has 0 radical (unpaired) electrons. The monoisotopic (exact) mass is 423 g/mol. The van der Waals surface area contributed by atoms with Crippen LogP contribution in [0.4, 0.5) is 0 Å². The van der Waals surface area contributed by atoms with E-state index in [1.807, 2.05) is 20.0 Å². The number of hydrogen-bond donors (Lipinski definition) is 0. The third kappa shape index (κ3) is 5.43. The van der Waals surface area contributed by atoms with Crippen LogP contribution in [0.3, 0.4) is 0 Å². The van der Waals surface area contributed by atoms with Gasteiger partial charge in [0.2, 0.25) is 0 Å². The summed E-state index contributed by atoms with van der Waals surface area (Å²) in [5.41, 5.74) is 8.07. The summed E-state index contributed by atoms with van der Waals surface area (Å²) in [7, 11) is 0. The largest absolute Gasteiger partial charge is 0.260 e. The van der Waals surface area contributed by atoms with Crippen LogP contribution < -0.4 is 0 Å². The van der Waals surface area contributed by atoms with Crippen LogP contribution in [0.1, 0.15) is 89.1 Å². The van der Waals surface area contributed by atoms with Crippen molar-refractivity contribution >= 4 is 11.6 Å². The van der Waals surface area contributed by atoms with E-state index in [9.17, 15) is 0 Å². The Bertz CT molecular complexity index is 876. The number of fused-ring (bicyclic) bond motifs is 2. The van der Waals surface area contributed by atoms with Crippen molar-refractivity contribution in [2.45, 2.75) is 85.0 Å². The van der Waals surface area contributed by atoms with Crippen LogP contribution in [0.2, 0.25) is 5.02 Å². The maximum atomic E-state index is 6.38. The second-order valence-corrected chi connectivity index (χ2v) is 9.00. The maximum absolute atomic E-state index is 6.38. The summed E-state index contributed by atoms with van der Waals surface area (Å²) in [5.74, 6) is 0. The van der Waals surface area contributed by atoms with Gasteiger partial charge in [-0.05, 0) is 80.8 Å². The second-order valence-electron chi connectivity index (χ2n) is 8.56. The molecule has 1 aliphatic carbocycles. The molecular weight excluding hydrogens is 386 g/mol. The smallest absolute Gasteiger partial charge is 0.0589 e. The van der Waals surface area contributed by atoms with Gasteiger partial charge in [0.05, 0.1) is 11.1 Å². The Morgan fingerprint density at radius 1 is 1.10 bits per heavy atom. The van der Waals surface area contributed by atoms with Gasteiger partial charge in [-0.15, -0.1) is 6.58 Å². The first kappa shape index (κ1) is 24.4. The van der Waals surface area contributed by atoms with Crippen LogP contribution in [0.15, 0.2) is 60.3 Å². The highest BCUT2D eigenvalue weighted by molar-refractivity contribution is 6.30. The van der Waals surface area contributed by atoms with E-state index in [0.717, 1.165) is 50.0 Å². The molecule has 1 atom stereocenters. The molecule has 0 fully saturated rings. The fourth-order valence-corrected chi connectivity index (χ4v) is 4.92. The van der Waals surface area contributed by atoms with Crippen molar-refractivity contribution in [1.82, 2.24) is 4.98 Å². The van der Waals surface area contributed by atoms with Crippen LogP contribution in [-0.4, -0.2) is 4.98 Å². The lowest BCUT2D eigenvalue weighted by atomic mass is 9.65. The molecule has 0 N–H and O–H groups in total. The average Bonchev–Trinajstić information content (AvgIpc) is 2.83. The Morgan fingerprint density at radius 2 is 1.80 bits per heavy atom. The molecule has 0 saturated heterocycles. The SMILES string of the molecule is C=C(C)C.CC/C=C(\CCC)C1(CCC)c2ccc(Cl)cc2CCc2cccnc21. The number of aromatic nitrogens is 1. The highest BCUT2D eigenvalue weighted by atomic mass is 35.5. The molecule has 162 valence electrons. The van der Waals surface area contributed by atoms with Crippen LogP contribution in [0.25, 0.3) is 0 Å². The molecule has 1 aliphatic rings. The molecule has 0 amide bonds. The lowest BCUT2D eigenvalue weighted by molar-refractivity contribution is 0.500. The molecule has 0 bridgehead atoms. The van der Waals surface area contributed by atoms with Crippen molar-refractivity contribution in [2.75, 3.05) is 0 Å². The highest BCUT2D eigenvalue weighted by Crippen LogP contribution is 2.49. The fraction of sp³-hybridized carbons (Fsp3) is 0.464. The fourth-order valence-electron chi connectivity index (χ4n) is 4.73. The van der Waals surface area contributed by atoms with Crippen LogP contribution in [0, 0.1) is 0 Å². The maximum Gasteiger partial charge on any atom is 0.0589 e. The third-order valence-corrected chi connectivity index (χ3v) is 5.86. The Hall–Kier alpha value is -1.86. The van der Waals surface area contributed by atoms with E-state index in [-0.39, 0.29) is 5.41 Å². The minimum Gasteiger partial charge on any atom is -0.260 e. The van der Waals surface area contributed by atoms with E-state index in [4.69, 9.17) is 16.6 Å². The third-order valence-electron chi connectivity index (χ3n) is 5.63. The zero-order valence-electron chi connectivity index (χ0n) is 19.5. The first-order valence-electron chi connectivity index (χ1n) is 11.5.